The van der Waals surface area contributed by atoms with Gasteiger partial charge in [-0.1, -0.05) is 388 Å². The van der Waals surface area contributed by atoms with Gasteiger partial charge in [-0.25, -0.2) is 4.57 Å². The molecule has 0 aliphatic carbocycles. The lowest BCUT2D eigenvalue weighted by molar-refractivity contribution is -0.282. The topological polar surface area (TPSA) is 312 Å². The second-order valence-electron chi connectivity index (χ2n) is 34.1. The molecule has 672 valence electrons. The highest BCUT2D eigenvalue weighted by atomic mass is 31.2. The summed E-state index contributed by atoms with van der Waals surface area (Å²) < 4.78 is 55.6. The van der Waals surface area contributed by atoms with Gasteiger partial charge in [0.05, 0.1) is 51.2 Å². The Bertz CT molecular complexity index is 2320. The number of aliphatic hydroxyl groups excluding tert-OH is 4. The van der Waals surface area contributed by atoms with Crippen LogP contribution >= 0.6 is 7.82 Å². The highest BCUT2D eigenvalue weighted by Crippen LogP contribution is 2.43. The molecule has 2 saturated heterocycles. The van der Waals surface area contributed by atoms with Crippen molar-refractivity contribution in [2.75, 3.05) is 19.8 Å². The molecule has 0 spiro atoms. The van der Waals surface area contributed by atoms with Crippen LogP contribution in [0.5, 0.6) is 0 Å². The number of carbonyl (C=O) groups excluding carboxylic acids is 5. The normalized spacial score (nSPS) is 20.0. The van der Waals surface area contributed by atoms with Gasteiger partial charge in [0.2, 0.25) is 11.8 Å². The molecule has 114 heavy (non-hydrogen) atoms. The van der Waals surface area contributed by atoms with Crippen molar-refractivity contribution in [2.24, 2.45) is 0 Å². The molecule has 0 bridgehead atoms. The van der Waals surface area contributed by atoms with Crippen LogP contribution in [0.4, 0.5) is 0 Å². The van der Waals surface area contributed by atoms with Crippen LogP contribution in [-0.4, -0.2) is 153 Å². The molecule has 0 saturated carbocycles. The Kier molecular flexibility index (Phi) is 69.7. The van der Waals surface area contributed by atoms with E-state index in [9.17, 15) is 58.8 Å². The van der Waals surface area contributed by atoms with Gasteiger partial charge in [0, 0.05) is 12.8 Å². The quantitative estimate of drug-likeness (QED) is 0.0121. The number of amides is 2. The van der Waals surface area contributed by atoms with Gasteiger partial charge >= 0.3 is 25.7 Å². The van der Waals surface area contributed by atoms with Gasteiger partial charge in [-0.3, -0.25) is 28.5 Å². The molecular formula is C92H175N2O19P. The fourth-order valence-corrected chi connectivity index (χ4v) is 16.7. The number of ether oxygens (including phenoxy) is 6. The average Bonchev–Trinajstić information content (AvgIpc) is 0.779. The molecule has 8 N–H and O–H groups in total. The van der Waals surface area contributed by atoms with Gasteiger partial charge in [-0.2, -0.15) is 0 Å². The van der Waals surface area contributed by atoms with Crippen LogP contribution in [-0.2, 0) is 61.5 Å². The van der Waals surface area contributed by atoms with E-state index in [1.165, 1.54) is 225 Å². The minimum absolute atomic E-state index is 0.148. The second kappa shape index (κ2) is 74.0. The van der Waals surface area contributed by atoms with Crippen molar-refractivity contribution in [1.82, 2.24) is 10.6 Å². The van der Waals surface area contributed by atoms with Gasteiger partial charge in [0.25, 0.3) is 0 Å². The van der Waals surface area contributed by atoms with E-state index < -0.39 is 130 Å². The molecule has 2 fully saturated rings. The number of aliphatic hydroxyl groups is 4. The fourth-order valence-electron chi connectivity index (χ4n) is 16.1. The molecular weight excluding hydrogens is 1470 g/mol. The molecule has 2 amide bonds. The summed E-state index contributed by atoms with van der Waals surface area (Å²) in [4.78, 5) is 91.7. The summed E-state index contributed by atoms with van der Waals surface area (Å²) in [5.41, 5.74) is 0. The molecule has 2 aliphatic heterocycles. The van der Waals surface area contributed by atoms with E-state index in [1.807, 2.05) is 0 Å². The number of unbranched alkanes of at least 4 members (excludes halogenated alkanes) is 54. The maximum absolute atomic E-state index is 15.0. The first kappa shape index (κ1) is 107. The van der Waals surface area contributed by atoms with E-state index >= 15 is 0 Å². The zero-order chi connectivity index (χ0) is 83.2. The fraction of sp³-hybridized carbons (Fsp3) is 0.946. The Morgan fingerprint density at radius 2 is 0.719 bits per heavy atom. The largest absolute Gasteiger partial charge is 0.470 e. The first-order valence-electron chi connectivity index (χ1n) is 47.8. The Hall–Kier alpha value is -2.82. The SMILES string of the molecule is CCCCCCCCCCCCCCCC(=O)O[C@H](CCCCCCCCCCCCC)CC(=O)NC1C(OC(=O)C[C@@H](CCCCCCCCCCCCC)OC(=O)CCCCCCCCCCCCCCC)[C@H](OP(=O)(O)O)C(CO)O[C@H]1OCC1OCC(NC(=O)C[C@H](O)CCCCCCCCCCCCC)C(O)[C@@H]1O. The lowest BCUT2D eigenvalue weighted by atomic mass is 9.95. The number of phosphoric acid groups is 1. The molecule has 0 aromatic rings. The van der Waals surface area contributed by atoms with E-state index in [0.29, 0.717) is 44.9 Å². The highest BCUT2D eigenvalue weighted by molar-refractivity contribution is 7.46. The number of carbonyl (C=O) groups is 5. The van der Waals surface area contributed by atoms with E-state index in [-0.39, 0.29) is 32.3 Å². The van der Waals surface area contributed by atoms with Crippen LogP contribution in [0.3, 0.4) is 0 Å². The van der Waals surface area contributed by atoms with Crippen molar-refractivity contribution < 1.29 is 91.7 Å². The molecule has 21 nitrogen and oxygen atoms in total. The second-order valence-corrected chi connectivity index (χ2v) is 35.3. The molecule has 0 aromatic heterocycles. The Morgan fingerprint density at radius 3 is 1.07 bits per heavy atom. The third kappa shape index (κ3) is 59.0. The van der Waals surface area contributed by atoms with Crippen LogP contribution in [0, 0.1) is 0 Å². The number of phosphoric ester groups is 1. The van der Waals surface area contributed by atoms with Gasteiger partial charge in [-0.15, -0.1) is 0 Å². The highest BCUT2D eigenvalue weighted by Gasteiger charge is 2.53. The standard InChI is InChI=1S/C92H175N2O19P/c1-6-11-16-21-26-31-36-38-43-48-53-58-63-68-84(99)109-77(66-61-56-51-46-41-34-29-24-19-14-9-4)71-83(98)94-87-91(112-86(101)72-78(67-62-57-52-47-42-35-30-25-20-15-10-5)110-85(100)69-64-59-54-49-44-39-37-32-27-22-17-12-7-2)90(113-114(104,105)106)80(73-95)111-92(87)108-75-81-89(103)88(102)79(74-107-81)93-82(97)70-76(96)65-60-55-50-45-40-33-28-23-18-13-8-3/h76-81,87-92,95-96,102-103H,6-75H2,1-5H3,(H,93,97)(H,94,98)(H2,104,105,106)/t76-,77-,78-,79?,80?,81?,87?,88?,89-,90-,91?,92-/m1/s1. The lowest BCUT2D eigenvalue weighted by Crippen LogP contribution is -2.67. The van der Waals surface area contributed by atoms with E-state index in [2.05, 4.69) is 45.3 Å². The zero-order valence-corrected chi connectivity index (χ0v) is 74.3. The summed E-state index contributed by atoms with van der Waals surface area (Å²) in [6.45, 7) is 9.27. The van der Waals surface area contributed by atoms with Crippen LogP contribution in [0.25, 0.3) is 0 Å². The van der Waals surface area contributed by atoms with Crippen molar-refractivity contribution >= 4 is 37.5 Å². The Morgan fingerprint density at radius 1 is 0.395 bits per heavy atom. The number of esters is 3. The maximum atomic E-state index is 15.0. The molecule has 0 aromatic carbocycles. The first-order valence-corrected chi connectivity index (χ1v) is 49.4. The maximum Gasteiger partial charge on any atom is 0.470 e. The molecule has 0 radical (unpaired) electrons. The molecule has 12 atom stereocenters. The van der Waals surface area contributed by atoms with Crippen molar-refractivity contribution in [3.8, 4) is 0 Å². The first-order chi connectivity index (χ1) is 55.4. The van der Waals surface area contributed by atoms with E-state index in [1.54, 1.807) is 0 Å². The summed E-state index contributed by atoms with van der Waals surface area (Å²) in [5, 5.41) is 50.5. The summed E-state index contributed by atoms with van der Waals surface area (Å²) >= 11 is 0. The Balaban J connectivity index is 2.48. The molecule has 22 heteroatoms. The van der Waals surface area contributed by atoms with Crippen LogP contribution in [0.1, 0.15) is 465 Å². The minimum atomic E-state index is -5.53. The third-order valence-electron chi connectivity index (χ3n) is 23.3. The summed E-state index contributed by atoms with van der Waals surface area (Å²) in [7, 11) is -5.53. The van der Waals surface area contributed by atoms with Crippen molar-refractivity contribution in [3.05, 3.63) is 0 Å². The Labute approximate surface area is 694 Å². The summed E-state index contributed by atoms with van der Waals surface area (Å²) in [5.74, 6) is -3.15. The summed E-state index contributed by atoms with van der Waals surface area (Å²) in [6, 6.07) is -2.77. The lowest BCUT2D eigenvalue weighted by Gasteiger charge is -2.46. The minimum Gasteiger partial charge on any atom is -0.462 e. The monoisotopic (exact) mass is 1640 g/mol. The third-order valence-corrected chi connectivity index (χ3v) is 23.8. The predicted molar refractivity (Wildman–Crippen MR) is 458 cm³/mol. The van der Waals surface area contributed by atoms with Gasteiger partial charge in [-0.05, 0) is 44.9 Å². The number of nitrogens with one attached hydrogen (secondary N) is 2. The molecule has 2 heterocycles. The van der Waals surface area contributed by atoms with Gasteiger partial charge < -0.3 is 69.3 Å². The van der Waals surface area contributed by atoms with Gasteiger partial charge in [0.15, 0.2) is 12.4 Å². The van der Waals surface area contributed by atoms with E-state index in [4.69, 9.17) is 32.9 Å². The van der Waals surface area contributed by atoms with Crippen molar-refractivity contribution in [1.29, 1.82) is 0 Å². The van der Waals surface area contributed by atoms with E-state index in [0.717, 1.165) is 128 Å². The molecule has 6 unspecified atom stereocenters. The van der Waals surface area contributed by atoms with Crippen LogP contribution in [0.2, 0.25) is 0 Å². The number of hydrogen-bond acceptors (Lipinski definition) is 17. The summed E-state index contributed by atoms with van der Waals surface area (Å²) in [6.07, 6.45) is 51.9. The number of rotatable bonds is 81. The molecule has 2 aliphatic rings. The van der Waals surface area contributed by atoms with Crippen LogP contribution in [0.15, 0.2) is 0 Å². The predicted octanol–water partition coefficient (Wildman–Crippen LogP) is 21.6. The van der Waals surface area contributed by atoms with Gasteiger partial charge in [0.1, 0.15) is 48.8 Å². The number of hydrogen-bond donors (Lipinski definition) is 8. The molecule has 2 rings (SSSR count). The zero-order valence-electron chi connectivity index (χ0n) is 73.4. The average molecular weight is 1640 g/mol. The van der Waals surface area contributed by atoms with Crippen LogP contribution < -0.4 is 10.6 Å². The smallest absolute Gasteiger partial charge is 0.462 e. The van der Waals surface area contributed by atoms with Crippen molar-refractivity contribution in [3.63, 3.8) is 0 Å². The van der Waals surface area contributed by atoms with Crippen molar-refractivity contribution in [2.45, 2.75) is 538 Å².